The van der Waals surface area contributed by atoms with Gasteiger partial charge in [-0.2, -0.15) is 4.98 Å². The molecule has 0 fully saturated rings. The average molecular weight is 390 g/mol. The van der Waals surface area contributed by atoms with Crippen molar-refractivity contribution >= 4 is 29.1 Å². The van der Waals surface area contributed by atoms with E-state index in [1.807, 2.05) is 6.07 Å². The molecule has 0 aliphatic heterocycles. The summed E-state index contributed by atoms with van der Waals surface area (Å²) in [5.74, 6) is 2.19. The lowest BCUT2D eigenvalue weighted by Gasteiger charge is -2.24. The van der Waals surface area contributed by atoms with Crippen molar-refractivity contribution in [1.82, 2.24) is 14.9 Å². The summed E-state index contributed by atoms with van der Waals surface area (Å²) in [6, 6.07) is 3.61. The zero-order chi connectivity index (χ0) is 20.5. The zero-order valence-electron chi connectivity index (χ0n) is 17.3. The van der Waals surface area contributed by atoms with Gasteiger partial charge in [0.05, 0.1) is 19.7 Å². The summed E-state index contributed by atoms with van der Waals surface area (Å²) in [5.41, 5.74) is 6.93. The van der Waals surface area contributed by atoms with Gasteiger partial charge in [-0.1, -0.05) is 13.8 Å². The number of methoxy groups -OCH3 is 2. The molecule has 0 aliphatic rings. The molecule has 1 aromatic carbocycles. The van der Waals surface area contributed by atoms with E-state index >= 15 is 0 Å². The number of hydrogen-bond donors (Lipinski definition) is 1. The number of nitrogens with zero attached hydrogens (tertiary/aromatic N) is 4. The Morgan fingerprint density at radius 3 is 2.29 bits per heavy atom. The van der Waals surface area contributed by atoms with Gasteiger partial charge in [-0.05, 0) is 25.3 Å². The highest BCUT2D eigenvalue weighted by Gasteiger charge is 2.15. The number of nitrogen functional groups attached to an aromatic ring is 1. The SMILES string of the molecule is CCCN(C=O)CCCN(CCC)c1nc(N)c2cc(OC)c(OC)cc2n1. The maximum atomic E-state index is 11.1. The molecule has 8 nitrogen and oxygen atoms in total. The standard InChI is InChI=1S/C20H31N5O3/c1-5-8-24(14-26)10-7-11-25(9-6-2)20-22-16-13-18(28-4)17(27-3)12-15(16)19(21)23-20/h12-14H,5-11H2,1-4H3,(H2,21,22,23). The van der Waals surface area contributed by atoms with Gasteiger partial charge < -0.3 is 25.0 Å². The molecule has 0 bridgehead atoms. The van der Waals surface area contributed by atoms with Crippen molar-refractivity contribution in [2.75, 3.05) is 51.0 Å². The predicted molar refractivity (Wildman–Crippen MR) is 112 cm³/mol. The van der Waals surface area contributed by atoms with Crippen molar-refractivity contribution in [2.24, 2.45) is 0 Å². The van der Waals surface area contributed by atoms with E-state index in [4.69, 9.17) is 20.2 Å². The van der Waals surface area contributed by atoms with Gasteiger partial charge in [0.25, 0.3) is 0 Å². The fraction of sp³-hybridized carbons (Fsp3) is 0.550. The third-order valence-corrected chi connectivity index (χ3v) is 4.53. The van der Waals surface area contributed by atoms with Gasteiger partial charge in [-0.3, -0.25) is 4.79 Å². The second kappa shape index (κ2) is 10.5. The first-order valence-electron chi connectivity index (χ1n) is 9.71. The number of nitrogens with two attached hydrogens (primary N) is 1. The maximum absolute atomic E-state index is 11.1. The number of aromatic nitrogens is 2. The van der Waals surface area contributed by atoms with Crippen LogP contribution in [0.4, 0.5) is 11.8 Å². The van der Waals surface area contributed by atoms with E-state index in [1.165, 1.54) is 0 Å². The highest BCUT2D eigenvalue weighted by Crippen LogP contribution is 2.34. The number of fused-ring (bicyclic) bond motifs is 1. The highest BCUT2D eigenvalue weighted by molar-refractivity contribution is 5.91. The number of amides is 1. The van der Waals surface area contributed by atoms with Crippen LogP contribution in [0, 0.1) is 0 Å². The number of carbonyl (C=O) groups is 1. The third-order valence-electron chi connectivity index (χ3n) is 4.53. The molecule has 154 valence electrons. The van der Waals surface area contributed by atoms with E-state index in [1.54, 1.807) is 25.2 Å². The minimum atomic E-state index is 0.405. The molecule has 8 heteroatoms. The monoisotopic (exact) mass is 389 g/mol. The Morgan fingerprint density at radius 2 is 1.68 bits per heavy atom. The topological polar surface area (TPSA) is 93.8 Å². The van der Waals surface area contributed by atoms with Crippen LogP contribution in [0.2, 0.25) is 0 Å². The van der Waals surface area contributed by atoms with Gasteiger partial charge in [0.2, 0.25) is 12.4 Å². The van der Waals surface area contributed by atoms with Crippen LogP contribution in [0.3, 0.4) is 0 Å². The first kappa shape index (κ1) is 21.5. The number of rotatable bonds is 12. The minimum Gasteiger partial charge on any atom is -0.493 e. The smallest absolute Gasteiger partial charge is 0.227 e. The molecule has 1 amide bonds. The molecule has 28 heavy (non-hydrogen) atoms. The number of carbonyl (C=O) groups excluding carboxylic acids is 1. The summed E-state index contributed by atoms with van der Waals surface area (Å²) >= 11 is 0. The van der Waals surface area contributed by atoms with Crippen LogP contribution < -0.4 is 20.1 Å². The molecule has 0 aliphatic carbocycles. The van der Waals surface area contributed by atoms with Crippen molar-refractivity contribution < 1.29 is 14.3 Å². The van der Waals surface area contributed by atoms with E-state index in [0.29, 0.717) is 35.3 Å². The quantitative estimate of drug-likeness (QED) is 0.558. The Balaban J connectivity index is 2.26. The zero-order valence-corrected chi connectivity index (χ0v) is 17.3. The molecule has 1 heterocycles. The number of anilines is 2. The van der Waals surface area contributed by atoms with Crippen molar-refractivity contribution in [3.63, 3.8) is 0 Å². The summed E-state index contributed by atoms with van der Waals surface area (Å²) < 4.78 is 10.7. The molecule has 2 N–H and O–H groups in total. The Hall–Kier alpha value is -2.77. The van der Waals surface area contributed by atoms with E-state index in [-0.39, 0.29) is 0 Å². The second-order valence-corrected chi connectivity index (χ2v) is 6.62. The van der Waals surface area contributed by atoms with Crippen molar-refractivity contribution in [2.45, 2.75) is 33.1 Å². The Kier molecular flexibility index (Phi) is 8.10. The third kappa shape index (κ3) is 5.15. The molecule has 0 unspecified atom stereocenters. The van der Waals surface area contributed by atoms with E-state index < -0.39 is 0 Å². The summed E-state index contributed by atoms with van der Waals surface area (Å²) in [6.07, 6.45) is 3.66. The van der Waals surface area contributed by atoms with Gasteiger partial charge in [-0.25, -0.2) is 4.98 Å². The molecule has 0 spiro atoms. The Labute approximate surface area is 166 Å². The van der Waals surface area contributed by atoms with Crippen LogP contribution in [-0.4, -0.2) is 61.7 Å². The lowest BCUT2D eigenvalue weighted by molar-refractivity contribution is -0.118. The molecule has 2 rings (SSSR count). The number of hydrogen-bond acceptors (Lipinski definition) is 7. The van der Waals surface area contributed by atoms with Crippen molar-refractivity contribution in [1.29, 1.82) is 0 Å². The summed E-state index contributed by atoms with van der Waals surface area (Å²) in [4.78, 5) is 24.3. The molecule has 0 saturated heterocycles. The van der Waals surface area contributed by atoms with Gasteiger partial charge in [-0.15, -0.1) is 0 Å². The lowest BCUT2D eigenvalue weighted by atomic mass is 10.2. The van der Waals surface area contributed by atoms with Crippen LogP contribution in [0.1, 0.15) is 33.1 Å². The molecule has 0 saturated carbocycles. The predicted octanol–water partition coefficient (Wildman–Crippen LogP) is 2.70. The Morgan fingerprint density at radius 1 is 1.00 bits per heavy atom. The molecule has 0 radical (unpaired) electrons. The lowest BCUT2D eigenvalue weighted by Crippen LogP contribution is -2.31. The molecule has 2 aromatic rings. The van der Waals surface area contributed by atoms with Gasteiger partial charge >= 0.3 is 0 Å². The van der Waals surface area contributed by atoms with Crippen LogP contribution in [-0.2, 0) is 4.79 Å². The highest BCUT2D eigenvalue weighted by atomic mass is 16.5. The normalized spacial score (nSPS) is 10.7. The number of ether oxygens (including phenoxy) is 2. The fourth-order valence-corrected chi connectivity index (χ4v) is 3.16. The average Bonchev–Trinajstić information content (AvgIpc) is 2.71. The van der Waals surface area contributed by atoms with E-state index in [9.17, 15) is 4.79 Å². The summed E-state index contributed by atoms with van der Waals surface area (Å²) in [7, 11) is 3.17. The Bertz CT molecular complexity index is 784. The van der Waals surface area contributed by atoms with Crippen molar-refractivity contribution in [3.05, 3.63) is 12.1 Å². The molecular formula is C20H31N5O3. The van der Waals surface area contributed by atoms with E-state index in [2.05, 4.69) is 23.7 Å². The first-order chi connectivity index (χ1) is 13.6. The molecular weight excluding hydrogens is 358 g/mol. The molecule has 0 atom stereocenters. The minimum absolute atomic E-state index is 0.405. The van der Waals surface area contributed by atoms with Gasteiger partial charge in [0.15, 0.2) is 11.5 Å². The van der Waals surface area contributed by atoms with Crippen LogP contribution in [0.25, 0.3) is 10.9 Å². The van der Waals surface area contributed by atoms with Crippen LogP contribution >= 0.6 is 0 Å². The molecule has 1 aromatic heterocycles. The van der Waals surface area contributed by atoms with Gasteiger partial charge in [0, 0.05) is 37.6 Å². The fourth-order valence-electron chi connectivity index (χ4n) is 3.16. The first-order valence-corrected chi connectivity index (χ1v) is 9.71. The van der Waals surface area contributed by atoms with Crippen molar-refractivity contribution in [3.8, 4) is 11.5 Å². The second-order valence-electron chi connectivity index (χ2n) is 6.62. The van der Waals surface area contributed by atoms with Crippen LogP contribution in [0.5, 0.6) is 11.5 Å². The summed E-state index contributed by atoms with van der Waals surface area (Å²) in [5, 5.41) is 0.730. The largest absolute Gasteiger partial charge is 0.493 e. The summed E-state index contributed by atoms with van der Waals surface area (Å²) in [6.45, 7) is 7.23. The van der Waals surface area contributed by atoms with Crippen LogP contribution in [0.15, 0.2) is 12.1 Å². The van der Waals surface area contributed by atoms with E-state index in [0.717, 1.165) is 50.7 Å². The number of benzene rings is 1. The van der Waals surface area contributed by atoms with Gasteiger partial charge in [0.1, 0.15) is 5.82 Å². The maximum Gasteiger partial charge on any atom is 0.227 e.